The van der Waals surface area contributed by atoms with Crippen molar-refractivity contribution in [2.75, 3.05) is 24.5 Å². The van der Waals surface area contributed by atoms with Crippen molar-refractivity contribution in [3.05, 3.63) is 29.6 Å². The first-order valence-electron chi connectivity index (χ1n) is 6.85. The lowest BCUT2D eigenvalue weighted by molar-refractivity contribution is 0.285. The van der Waals surface area contributed by atoms with Crippen LogP contribution in [0.3, 0.4) is 0 Å². The number of hydrogen-bond acceptors (Lipinski definition) is 2. The lowest BCUT2D eigenvalue weighted by Gasteiger charge is -2.43. The molecule has 0 radical (unpaired) electrons. The van der Waals surface area contributed by atoms with Gasteiger partial charge in [0.05, 0.1) is 0 Å². The molecule has 98 valence electrons. The minimum absolute atomic E-state index is 0.137. The zero-order valence-electron chi connectivity index (χ0n) is 11.2. The van der Waals surface area contributed by atoms with Crippen molar-refractivity contribution in [2.24, 2.45) is 5.92 Å². The van der Waals surface area contributed by atoms with E-state index < -0.39 is 0 Å². The highest BCUT2D eigenvalue weighted by atomic mass is 19.1. The van der Waals surface area contributed by atoms with E-state index in [-0.39, 0.29) is 11.4 Å². The summed E-state index contributed by atoms with van der Waals surface area (Å²) in [5, 5.41) is 3.66. The normalized spacial score (nSPS) is 28.5. The van der Waals surface area contributed by atoms with Gasteiger partial charge in [-0.15, -0.1) is 0 Å². The Morgan fingerprint density at radius 3 is 2.89 bits per heavy atom. The molecule has 1 heterocycles. The first-order chi connectivity index (χ1) is 8.58. The molecule has 1 N–H and O–H groups in total. The number of aryl methyl sites for hydroxylation is 1. The Kier molecular flexibility index (Phi) is 2.81. The zero-order valence-corrected chi connectivity index (χ0v) is 11.2. The van der Waals surface area contributed by atoms with Crippen molar-refractivity contribution in [1.82, 2.24) is 5.32 Å². The Hall–Kier alpha value is -1.09. The fraction of sp³-hybridized carbons (Fsp3) is 0.600. The average molecular weight is 248 g/mol. The summed E-state index contributed by atoms with van der Waals surface area (Å²) in [6.07, 6.45) is 2.67. The third-order valence-electron chi connectivity index (χ3n) is 4.42. The highest BCUT2D eigenvalue weighted by Crippen LogP contribution is 2.41. The number of rotatable bonds is 2. The summed E-state index contributed by atoms with van der Waals surface area (Å²) >= 11 is 0. The number of piperazine rings is 1. The molecule has 2 fully saturated rings. The number of nitrogens with one attached hydrogen (secondary N) is 1. The largest absolute Gasteiger partial charge is 0.368 e. The quantitative estimate of drug-likeness (QED) is 0.865. The van der Waals surface area contributed by atoms with E-state index >= 15 is 0 Å². The van der Waals surface area contributed by atoms with Crippen molar-refractivity contribution in [2.45, 2.75) is 32.2 Å². The van der Waals surface area contributed by atoms with Crippen LogP contribution in [0.1, 0.15) is 25.3 Å². The lowest BCUT2D eigenvalue weighted by atomic mass is 9.92. The van der Waals surface area contributed by atoms with Gasteiger partial charge in [-0.2, -0.15) is 0 Å². The van der Waals surface area contributed by atoms with E-state index in [4.69, 9.17) is 0 Å². The van der Waals surface area contributed by atoms with Gasteiger partial charge in [0.15, 0.2) is 0 Å². The standard InChI is InChI=1S/C15H21FN2/c1-11-3-6-13(16)9-14(11)18-8-7-17-15(2,10-18)12-4-5-12/h3,6,9,12,17H,4-5,7-8,10H2,1-2H3. The maximum atomic E-state index is 13.4. The van der Waals surface area contributed by atoms with Crippen LogP contribution < -0.4 is 10.2 Å². The molecule has 1 aromatic rings. The van der Waals surface area contributed by atoms with E-state index in [0.717, 1.165) is 36.8 Å². The Bertz CT molecular complexity index is 456. The molecule has 1 aliphatic heterocycles. The Balaban J connectivity index is 1.85. The second-order valence-electron chi connectivity index (χ2n) is 5.97. The Labute approximate surface area is 108 Å². The number of anilines is 1. The Morgan fingerprint density at radius 2 is 2.17 bits per heavy atom. The fourth-order valence-electron chi connectivity index (χ4n) is 3.13. The van der Waals surface area contributed by atoms with E-state index in [1.54, 1.807) is 12.1 Å². The van der Waals surface area contributed by atoms with Gasteiger partial charge in [-0.25, -0.2) is 4.39 Å². The summed E-state index contributed by atoms with van der Waals surface area (Å²) in [4.78, 5) is 2.34. The first kappa shape index (κ1) is 12.0. The van der Waals surface area contributed by atoms with Crippen molar-refractivity contribution >= 4 is 5.69 Å². The van der Waals surface area contributed by atoms with Crippen LogP contribution in [-0.4, -0.2) is 25.2 Å². The molecule has 1 aliphatic carbocycles. The predicted octanol–water partition coefficient (Wildman–Crippen LogP) is 2.71. The molecule has 0 spiro atoms. The van der Waals surface area contributed by atoms with E-state index in [0.29, 0.717) is 0 Å². The highest BCUT2D eigenvalue weighted by Gasteiger charge is 2.44. The van der Waals surface area contributed by atoms with Gasteiger partial charge in [-0.3, -0.25) is 0 Å². The van der Waals surface area contributed by atoms with Gasteiger partial charge >= 0.3 is 0 Å². The molecule has 1 atom stereocenters. The second-order valence-corrected chi connectivity index (χ2v) is 5.97. The van der Waals surface area contributed by atoms with Crippen LogP contribution in [0.15, 0.2) is 18.2 Å². The van der Waals surface area contributed by atoms with Gasteiger partial charge in [0, 0.05) is 30.9 Å². The number of nitrogens with zero attached hydrogens (tertiary/aromatic N) is 1. The molecule has 3 rings (SSSR count). The zero-order chi connectivity index (χ0) is 12.8. The number of benzene rings is 1. The third-order valence-corrected chi connectivity index (χ3v) is 4.42. The van der Waals surface area contributed by atoms with E-state index in [1.807, 2.05) is 6.07 Å². The maximum Gasteiger partial charge on any atom is 0.125 e. The van der Waals surface area contributed by atoms with Crippen molar-refractivity contribution in [3.63, 3.8) is 0 Å². The van der Waals surface area contributed by atoms with Crippen LogP contribution in [0.25, 0.3) is 0 Å². The molecule has 1 aromatic carbocycles. The monoisotopic (exact) mass is 248 g/mol. The summed E-state index contributed by atoms with van der Waals surface area (Å²) in [7, 11) is 0. The Morgan fingerprint density at radius 1 is 1.39 bits per heavy atom. The molecular formula is C15H21FN2. The number of halogens is 1. The SMILES string of the molecule is Cc1ccc(F)cc1N1CCNC(C)(C2CC2)C1. The van der Waals surface area contributed by atoms with E-state index in [9.17, 15) is 4.39 Å². The van der Waals surface area contributed by atoms with Gasteiger partial charge < -0.3 is 10.2 Å². The summed E-state index contributed by atoms with van der Waals surface area (Å²) in [6, 6.07) is 5.09. The highest BCUT2D eigenvalue weighted by molar-refractivity contribution is 5.54. The van der Waals surface area contributed by atoms with Crippen LogP contribution in [0.5, 0.6) is 0 Å². The van der Waals surface area contributed by atoms with Crippen LogP contribution in [0.2, 0.25) is 0 Å². The van der Waals surface area contributed by atoms with Crippen molar-refractivity contribution < 1.29 is 4.39 Å². The molecule has 0 amide bonds. The van der Waals surface area contributed by atoms with Crippen LogP contribution >= 0.6 is 0 Å². The third kappa shape index (κ3) is 2.12. The molecule has 18 heavy (non-hydrogen) atoms. The van der Waals surface area contributed by atoms with Gasteiger partial charge in [0.25, 0.3) is 0 Å². The molecule has 1 saturated carbocycles. The van der Waals surface area contributed by atoms with Crippen LogP contribution in [-0.2, 0) is 0 Å². The van der Waals surface area contributed by atoms with Gasteiger partial charge in [0.2, 0.25) is 0 Å². The van der Waals surface area contributed by atoms with Crippen LogP contribution in [0, 0.1) is 18.7 Å². The smallest absolute Gasteiger partial charge is 0.125 e. The maximum absolute atomic E-state index is 13.4. The molecule has 2 aliphatic rings. The predicted molar refractivity (Wildman–Crippen MR) is 72.5 cm³/mol. The molecule has 1 unspecified atom stereocenters. The summed E-state index contributed by atoms with van der Waals surface area (Å²) in [6.45, 7) is 7.31. The fourth-order valence-corrected chi connectivity index (χ4v) is 3.13. The number of hydrogen-bond donors (Lipinski definition) is 1. The minimum Gasteiger partial charge on any atom is -0.368 e. The van der Waals surface area contributed by atoms with Gasteiger partial charge in [-0.1, -0.05) is 6.07 Å². The van der Waals surface area contributed by atoms with Crippen LogP contribution in [0.4, 0.5) is 10.1 Å². The van der Waals surface area contributed by atoms with E-state index in [2.05, 4.69) is 24.1 Å². The summed E-state index contributed by atoms with van der Waals surface area (Å²) < 4.78 is 13.4. The lowest BCUT2D eigenvalue weighted by Crippen LogP contribution is -2.60. The van der Waals surface area contributed by atoms with Gasteiger partial charge in [0.1, 0.15) is 5.82 Å². The molecule has 3 heteroatoms. The second kappa shape index (κ2) is 4.23. The molecule has 0 bridgehead atoms. The summed E-state index contributed by atoms with van der Waals surface area (Å²) in [5.41, 5.74) is 2.43. The molecule has 2 nitrogen and oxygen atoms in total. The van der Waals surface area contributed by atoms with Gasteiger partial charge in [-0.05, 0) is 50.3 Å². The van der Waals surface area contributed by atoms with Crippen molar-refractivity contribution in [3.8, 4) is 0 Å². The average Bonchev–Trinajstić information content (AvgIpc) is 3.17. The topological polar surface area (TPSA) is 15.3 Å². The molecule has 0 aromatic heterocycles. The molecular weight excluding hydrogens is 227 g/mol. The first-order valence-corrected chi connectivity index (χ1v) is 6.85. The van der Waals surface area contributed by atoms with E-state index in [1.165, 1.54) is 12.8 Å². The van der Waals surface area contributed by atoms with Crippen molar-refractivity contribution in [1.29, 1.82) is 0 Å². The minimum atomic E-state index is -0.137. The summed E-state index contributed by atoms with van der Waals surface area (Å²) in [5.74, 6) is 0.663. The molecule has 1 saturated heterocycles.